The lowest BCUT2D eigenvalue weighted by molar-refractivity contribution is 0.291. The number of pyridine rings is 1. The van der Waals surface area contributed by atoms with Gasteiger partial charge in [-0.2, -0.15) is 0 Å². The van der Waals surface area contributed by atoms with Gasteiger partial charge in [-0.1, -0.05) is 0 Å². The number of rotatable bonds is 2. The van der Waals surface area contributed by atoms with Crippen molar-refractivity contribution in [3.63, 3.8) is 0 Å². The second-order valence-electron chi connectivity index (χ2n) is 3.20. The van der Waals surface area contributed by atoms with E-state index in [1.165, 1.54) is 0 Å². The van der Waals surface area contributed by atoms with Gasteiger partial charge in [0.05, 0.1) is 11.9 Å². The summed E-state index contributed by atoms with van der Waals surface area (Å²) in [5, 5.41) is 0. The van der Waals surface area contributed by atoms with Crippen molar-refractivity contribution in [2.45, 2.75) is 25.9 Å². The van der Waals surface area contributed by atoms with Crippen molar-refractivity contribution in [1.29, 1.82) is 0 Å². The van der Waals surface area contributed by atoms with Gasteiger partial charge in [0, 0.05) is 6.07 Å². The van der Waals surface area contributed by atoms with E-state index in [1.807, 2.05) is 13.0 Å². The number of nitrogens with two attached hydrogens (primary N) is 1. The molecule has 1 fully saturated rings. The zero-order chi connectivity index (χ0) is 8.55. The smallest absolute Gasteiger partial charge is 0.213 e. The predicted octanol–water partition coefficient (Wildman–Crippen LogP) is 1.51. The predicted molar refractivity (Wildman–Crippen MR) is 47.0 cm³/mol. The molecule has 2 rings (SSSR count). The maximum Gasteiger partial charge on any atom is 0.213 e. The third-order valence-corrected chi connectivity index (χ3v) is 1.94. The van der Waals surface area contributed by atoms with E-state index in [-0.39, 0.29) is 0 Å². The van der Waals surface area contributed by atoms with E-state index in [2.05, 4.69) is 4.98 Å². The molecule has 3 nitrogen and oxygen atoms in total. The molecule has 0 bridgehead atoms. The number of aromatic nitrogens is 1. The van der Waals surface area contributed by atoms with Gasteiger partial charge in [-0.25, -0.2) is 4.98 Å². The molecule has 0 aliphatic heterocycles. The Bertz CT molecular complexity index is 295. The second-order valence-corrected chi connectivity index (χ2v) is 3.20. The molecule has 12 heavy (non-hydrogen) atoms. The molecule has 1 aliphatic rings. The molecule has 1 saturated carbocycles. The van der Waals surface area contributed by atoms with Gasteiger partial charge in [0.15, 0.2) is 0 Å². The van der Waals surface area contributed by atoms with Crippen molar-refractivity contribution >= 4 is 5.69 Å². The SMILES string of the molecule is Cc1cc(OC2CC2)ncc1N. The Labute approximate surface area is 71.6 Å². The quantitative estimate of drug-likeness (QED) is 0.720. The summed E-state index contributed by atoms with van der Waals surface area (Å²) >= 11 is 0. The molecule has 0 saturated heterocycles. The van der Waals surface area contributed by atoms with Crippen LogP contribution in [0, 0.1) is 6.92 Å². The van der Waals surface area contributed by atoms with Gasteiger partial charge in [-0.3, -0.25) is 0 Å². The van der Waals surface area contributed by atoms with Crippen LogP contribution in [0.2, 0.25) is 0 Å². The molecule has 2 N–H and O–H groups in total. The number of anilines is 1. The topological polar surface area (TPSA) is 48.1 Å². The highest BCUT2D eigenvalue weighted by atomic mass is 16.5. The summed E-state index contributed by atoms with van der Waals surface area (Å²) in [5.74, 6) is 0.698. The Kier molecular flexibility index (Phi) is 1.64. The maximum absolute atomic E-state index is 5.62. The molecule has 1 aliphatic carbocycles. The summed E-state index contributed by atoms with van der Waals surface area (Å²) < 4.78 is 5.49. The van der Waals surface area contributed by atoms with E-state index in [4.69, 9.17) is 10.5 Å². The van der Waals surface area contributed by atoms with Crippen LogP contribution in [0.4, 0.5) is 5.69 Å². The Morgan fingerprint density at radius 3 is 2.92 bits per heavy atom. The molecule has 1 aromatic rings. The zero-order valence-corrected chi connectivity index (χ0v) is 7.08. The van der Waals surface area contributed by atoms with E-state index in [0.29, 0.717) is 12.0 Å². The van der Waals surface area contributed by atoms with Gasteiger partial charge in [-0.05, 0) is 25.3 Å². The summed E-state index contributed by atoms with van der Waals surface area (Å²) in [6.45, 7) is 1.96. The molecular formula is C9H12N2O. The Balaban J connectivity index is 2.15. The minimum absolute atomic E-state index is 0.403. The second kappa shape index (κ2) is 2.66. The van der Waals surface area contributed by atoms with Crippen LogP contribution in [-0.4, -0.2) is 11.1 Å². The molecule has 0 amide bonds. The Morgan fingerprint density at radius 2 is 2.33 bits per heavy atom. The van der Waals surface area contributed by atoms with Gasteiger partial charge in [0.1, 0.15) is 6.10 Å². The molecule has 3 heteroatoms. The van der Waals surface area contributed by atoms with Crippen LogP contribution in [0.3, 0.4) is 0 Å². The van der Waals surface area contributed by atoms with Crippen LogP contribution in [0.15, 0.2) is 12.3 Å². The highest BCUT2D eigenvalue weighted by Gasteiger charge is 2.23. The molecular weight excluding hydrogens is 152 g/mol. The summed E-state index contributed by atoms with van der Waals surface area (Å²) in [6.07, 6.45) is 4.36. The summed E-state index contributed by atoms with van der Waals surface area (Å²) in [5.41, 5.74) is 7.37. The van der Waals surface area contributed by atoms with Crippen LogP contribution in [-0.2, 0) is 0 Å². The third kappa shape index (κ3) is 1.49. The summed E-state index contributed by atoms with van der Waals surface area (Å²) in [4.78, 5) is 4.07. The molecule has 1 aromatic heterocycles. The van der Waals surface area contributed by atoms with E-state index >= 15 is 0 Å². The fraction of sp³-hybridized carbons (Fsp3) is 0.444. The lowest BCUT2D eigenvalue weighted by Gasteiger charge is -2.04. The standard InChI is InChI=1S/C9H12N2O/c1-6-4-9(11-5-8(6)10)12-7-2-3-7/h4-5,7H,2-3,10H2,1H3. The lowest BCUT2D eigenvalue weighted by atomic mass is 10.2. The first-order valence-corrected chi connectivity index (χ1v) is 4.14. The third-order valence-electron chi connectivity index (χ3n) is 1.94. The maximum atomic E-state index is 5.62. The highest BCUT2D eigenvalue weighted by Crippen LogP contribution is 2.26. The number of hydrogen-bond acceptors (Lipinski definition) is 3. The lowest BCUT2D eigenvalue weighted by Crippen LogP contribution is -1.99. The average Bonchev–Trinajstić information content (AvgIpc) is 2.81. The van der Waals surface area contributed by atoms with Gasteiger partial charge in [-0.15, -0.1) is 0 Å². The Hall–Kier alpha value is -1.25. The fourth-order valence-electron chi connectivity index (χ4n) is 0.962. The van der Waals surface area contributed by atoms with E-state index < -0.39 is 0 Å². The molecule has 1 heterocycles. The van der Waals surface area contributed by atoms with Crippen molar-refractivity contribution in [2.75, 3.05) is 5.73 Å². The van der Waals surface area contributed by atoms with Crippen molar-refractivity contribution < 1.29 is 4.74 Å². The normalized spacial score (nSPS) is 16.1. The Morgan fingerprint density at radius 1 is 1.58 bits per heavy atom. The molecule has 0 spiro atoms. The molecule has 0 atom stereocenters. The van der Waals surface area contributed by atoms with Crippen LogP contribution < -0.4 is 10.5 Å². The zero-order valence-electron chi connectivity index (χ0n) is 7.08. The number of nitrogen functional groups attached to an aromatic ring is 1. The van der Waals surface area contributed by atoms with E-state index in [0.717, 1.165) is 24.1 Å². The van der Waals surface area contributed by atoms with E-state index in [1.54, 1.807) is 6.20 Å². The minimum atomic E-state index is 0.403. The van der Waals surface area contributed by atoms with Crippen LogP contribution in [0.1, 0.15) is 18.4 Å². The van der Waals surface area contributed by atoms with E-state index in [9.17, 15) is 0 Å². The van der Waals surface area contributed by atoms with Crippen LogP contribution >= 0.6 is 0 Å². The van der Waals surface area contributed by atoms with Crippen molar-refractivity contribution in [3.8, 4) is 5.88 Å². The van der Waals surface area contributed by atoms with Gasteiger partial charge in [0.25, 0.3) is 0 Å². The molecule has 0 radical (unpaired) electrons. The summed E-state index contributed by atoms with van der Waals surface area (Å²) in [7, 11) is 0. The number of hydrogen-bond donors (Lipinski definition) is 1. The van der Waals surface area contributed by atoms with Crippen LogP contribution in [0.5, 0.6) is 5.88 Å². The largest absolute Gasteiger partial charge is 0.474 e. The van der Waals surface area contributed by atoms with Gasteiger partial charge in [0.2, 0.25) is 5.88 Å². The first-order valence-electron chi connectivity index (χ1n) is 4.14. The molecule has 0 aromatic carbocycles. The fourth-order valence-corrected chi connectivity index (χ4v) is 0.962. The first-order chi connectivity index (χ1) is 5.75. The summed E-state index contributed by atoms with van der Waals surface area (Å²) in [6, 6.07) is 1.88. The average molecular weight is 164 g/mol. The van der Waals surface area contributed by atoms with Crippen molar-refractivity contribution in [3.05, 3.63) is 17.8 Å². The monoisotopic (exact) mass is 164 g/mol. The first kappa shape index (κ1) is 7.40. The van der Waals surface area contributed by atoms with Gasteiger partial charge >= 0.3 is 0 Å². The number of nitrogens with zero attached hydrogens (tertiary/aromatic N) is 1. The molecule has 0 unspecified atom stereocenters. The van der Waals surface area contributed by atoms with Crippen LogP contribution in [0.25, 0.3) is 0 Å². The number of ether oxygens (including phenoxy) is 1. The number of aryl methyl sites for hydroxylation is 1. The van der Waals surface area contributed by atoms with Crippen molar-refractivity contribution in [2.24, 2.45) is 0 Å². The highest BCUT2D eigenvalue weighted by molar-refractivity contribution is 5.45. The van der Waals surface area contributed by atoms with Crippen molar-refractivity contribution in [1.82, 2.24) is 4.98 Å². The van der Waals surface area contributed by atoms with Gasteiger partial charge < -0.3 is 10.5 Å². The molecule has 64 valence electrons. The minimum Gasteiger partial charge on any atom is -0.474 e.